The first-order valence-corrected chi connectivity index (χ1v) is 6.74. The number of methoxy groups -OCH3 is 1. The van der Waals surface area contributed by atoms with Gasteiger partial charge in [0.1, 0.15) is 5.75 Å². The number of anilines is 1. The fourth-order valence-electron chi connectivity index (χ4n) is 2.82. The van der Waals surface area contributed by atoms with Crippen molar-refractivity contribution in [1.82, 2.24) is 0 Å². The highest BCUT2D eigenvalue weighted by Gasteiger charge is 2.24. The molecular formula is C15H23NO2. The average Bonchev–Trinajstić information content (AvgIpc) is 2.92. The molecule has 18 heavy (non-hydrogen) atoms. The van der Waals surface area contributed by atoms with Gasteiger partial charge in [0.05, 0.1) is 18.9 Å². The molecule has 1 unspecified atom stereocenters. The van der Waals surface area contributed by atoms with Crippen LogP contribution in [0.2, 0.25) is 0 Å². The number of hydrogen-bond donors (Lipinski definition) is 1. The number of hydrogen-bond acceptors (Lipinski definition) is 3. The van der Waals surface area contributed by atoms with Crippen LogP contribution in [0.25, 0.3) is 0 Å². The number of para-hydroxylation sites is 2. The molecule has 0 aromatic heterocycles. The molecule has 0 bridgehead atoms. The van der Waals surface area contributed by atoms with Gasteiger partial charge in [-0.1, -0.05) is 25.0 Å². The molecule has 3 heteroatoms. The molecule has 1 aliphatic rings. The van der Waals surface area contributed by atoms with Crippen LogP contribution in [-0.2, 0) is 0 Å². The molecule has 1 saturated carbocycles. The lowest BCUT2D eigenvalue weighted by atomic mass is 10.0. The second kappa shape index (κ2) is 6.10. The number of nitrogens with zero attached hydrogens (tertiary/aromatic N) is 1. The normalized spacial score (nSPS) is 17.7. The molecule has 3 nitrogen and oxygen atoms in total. The van der Waals surface area contributed by atoms with Crippen molar-refractivity contribution in [3.05, 3.63) is 24.3 Å². The zero-order valence-corrected chi connectivity index (χ0v) is 11.3. The first-order chi connectivity index (χ1) is 8.72. The van der Waals surface area contributed by atoms with Crippen LogP contribution < -0.4 is 9.64 Å². The van der Waals surface area contributed by atoms with E-state index in [-0.39, 0.29) is 6.10 Å². The molecule has 1 aliphatic carbocycles. The third kappa shape index (κ3) is 2.96. The fourth-order valence-corrected chi connectivity index (χ4v) is 2.82. The maximum Gasteiger partial charge on any atom is 0.142 e. The molecule has 1 atom stereocenters. The molecule has 0 saturated heterocycles. The lowest BCUT2D eigenvalue weighted by Crippen LogP contribution is -2.33. The van der Waals surface area contributed by atoms with Gasteiger partial charge in [0.25, 0.3) is 0 Å². The van der Waals surface area contributed by atoms with Crippen molar-refractivity contribution in [2.24, 2.45) is 5.92 Å². The quantitative estimate of drug-likeness (QED) is 0.871. The number of benzene rings is 1. The third-order valence-electron chi connectivity index (χ3n) is 3.90. The highest BCUT2D eigenvalue weighted by molar-refractivity contribution is 5.57. The molecule has 0 aliphatic heterocycles. The highest BCUT2D eigenvalue weighted by atomic mass is 16.5. The summed E-state index contributed by atoms with van der Waals surface area (Å²) in [5.41, 5.74) is 1.04. The molecule has 1 aromatic carbocycles. The summed E-state index contributed by atoms with van der Waals surface area (Å²) in [4.78, 5) is 2.09. The van der Waals surface area contributed by atoms with Gasteiger partial charge in [0.2, 0.25) is 0 Å². The lowest BCUT2D eigenvalue weighted by molar-refractivity contribution is 0.117. The van der Waals surface area contributed by atoms with Gasteiger partial charge in [-0.05, 0) is 30.9 Å². The van der Waals surface area contributed by atoms with Crippen LogP contribution in [0.4, 0.5) is 5.69 Å². The van der Waals surface area contributed by atoms with E-state index < -0.39 is 0 Å². The summed E-state index contributed by atoms with van der Waals surface area (Å²) < 4.78 is 5.35. The maximum absolute atomic E-state index is 10.3. The Hall–Kier alpha value is -1.22. The van der Waals surface area contributed by atoms with E-state index in [1.54, 1.807) is 7.11 Å². The van der Waals surface area contributed by atoms with Gasteiger partial charge in [-0.2, -0.15) is 0 Å². The number of aliphatic hydroxyl groups is 1. The number of ether oxygens (including phenoxy) is 1. The predicted octanol–water partition coefficient (Wildman–Crippen LogP) is 2.68. The molecular weight excluding hydrogens is 226 g/mol. The first kappa shape index (κ1) is 13.2. The van der Waals surface area contributed by atoms with Crippen LogP contribution in [0.5, 0.6) is 5.75 Å². The average molecular weight is 249 g/mol. The molecule has 0 radical (unpaired) electrons. The standard InChI is InChI=1S/C15H23NO2/c1-16(11-14(17)12-7-3-4-8-12)13-9-5-6-10-15(13)18-2/h5-6,9-10,12,14,17H,3-4,7-8,11H2,1-2H3. The summed E-state index contributed by atoms with van der Waals surface area (Å²) in [6, 6.07) is 7.94. The molecule has 2 rings (SSSR count). The predicted molar refractivity (Wildman–Crippen MR) is 74.2 cm³/mol. The van der Waals surface area contributed by atoms with Gasteiger partial charge < -0.3 is 14.7 Å². The SMILES string of the molecule is COc1ccccc1N(C)CC(O)C1CCCC1. The van der Waals surface area contributed by atoms with E-state index in [4.69, 9.17) is 4.74 Å². The third-order valence-corrected chi connectivity index (χ3v) is 3.90. The van der Waals surface area contributed by atoms with Gasteiger partial charge in [0, 0.05) is 13.6 Å². The van der Waals surface area contributed by atoms with Gasteiger partial charge >= 0.3 is 0 Å². The number of aliphatic hydroxyl groups excluding tert-OH is 1. The van der Waals surface area contributed by atoms with Crippen LogP contribution in [0.1, 0.15) is 25.7 Å². The molecule has 0 amide bonds. The Bertz CT molecular complexity index is 375. The van der Waals surface area contributed by atoms with Crippen LogP contribution in [0, 0.1) is 5.92 Å². The largest absolute Gasteiger partial charge is 0.495 e. The van der Waals surface area contributed by atoms with E-state index >= 15 is 0 Å². The van der Waals surface area contributed by atoms with Gasteiger partial charge in [0.15, 0.2) is 0 Å². The van der Waals surface area contributed by atoms with Crippen molar-refractivity contribution in [3.8, 4) is 5.75 Å². The van der Waals surface area contributed by atoms with Crippen molar-refractivity contribution in [3.63, 3.8) is 0 Å². The summed E-state index contributed by atoms with van der Waals surface area (Å²) in [5.74, 6) is 1.33. The smallest absolute Gasteiger partial charge is 0.142 e. The van der Waals surface area contributed by atoms with E-state index in [2.05, 4.69) is 4.90 Å². The van der Waals surface area contributed by atoms with Gasteiger partial charge in [-0.25, -0.2) is 0 Å². The highest BCUT2D eigenvalue weighted by Crippen LogP contribution is 2.30. The van der Waals surface area contributed by atoms with E-state index in [1.807, 2.05) is 31.3 Å². The van der Waals surface area contributed by atoms with E-state index in [0.717, 1.165) is 11.4 Å². The van der Waals surface area contributed by atoms with Crippen molar-refractivity contribution in [1.29, 1.82) is 0 Å². The Balaban J connectivity index is 1.99. The summed E-state index contributed by atoms with van der Waals surface area (Å²) in [6.07, 6.45) is 4.63. The minimum absolute atomic E-state index is 0.234. The molecule has 0 heterocycles. The number of likely N-dealkylation sites (N-methyl/N-ethyl adjacent to an activating group) is 1. The Morgan fingerprint density at radius 2 is 2.00 bits per heavy atom. The summed E-state index contributed by atoms with van der Waals surface area (Å²) in [7, 11) is 3.69. The van der Waals surface area contributed by atoms with Gasteiger partial charge in [-0.3, -0.25) is 0 Å². The maximum atomic E-state index is 10.3. The Kier molecular flexibility index (Phi) is 4.48. The van der Waals surface area contributed by atoms with Crippen molar-refractivity contribution in [2.45, 2.75) is 31.8 Å². The van der Waals surface area contributed by atoms with Crippen molar-refractivity contribution < 1.29 is 9.84 Å². The zero-order chi connectivity index (χ0) is 13.0. The summed E-state index contributed by atoms with van der Waals surface area (Å²) in [6.45, 7) is 0.672. The first-order valence-electron chi connectivity index (χ1n) is 6.74. The second-order valence-corrected chi connectivity index (χ2v) is 5.16. The van der Waals surface area contributed by atoms with E-state index in [1.165, 1.54) is 25.7 Å². The Morgan fingerprint density at radius 3 is 2.67 bits per heavy atom. The van der Waals surface area contributed by atoms with Gasteiger partial charge in [-0.15, -0.1) is 0 Å². The molecule has 1 N–H and O–H groups in total. The molecule has 1 aromatic rings. The topological polar surface area (TPSA) is 32.7 Å². The second-order valence-electron chi connectivity index (χ2n) is 5.16. The van der Waals surface area contributed by atoms with E-state index in [9.17, 15) is 5.11 Å². The molecule has 0 spiro atoms. The van der Waals surface area contributed by atoms with Crippen molar-refractivity contribution in [2.75, 3.05) is 25.6 Å². The monoisotopic (exact) mass is 249 g/mol. The fraction of sp³-hybridized carbons (Fsp3) is 0.600. The van der Waals surface area contributed by atoms with Crippen molar-refractivity contribution >= 4 is 5.69 Å². The number of rotatable bonds is 5. The molecule has 100 valence electrons. The lowest BCUT2D eigenvalue weighted by Gasteiger charge is -2.27. The van der Waals surface area contributed by atoms with Crippen LogP contribution in [0.3, 0.4) is 0 Å². The van der Waals surface area contributed by atoms with Crippen LogP contribution in [-0.4, -0.2) is 31.9 Å². The van der Waals surface area contributed by atoms with Crippen LogP contribution in [0.15, 0.2) is 24.3 Å². The Labute approximate surface area is 109 Å². The Morgan fingerprint density at radius 1 is 1.33 bits per heavy atom. The summed E-state index contributed by atoms with van der Waals surface area (Å²) >= 11 is 0. The minimum Gasteiger partial charge on any atom is -0.495 e. The van der Waals surface area contributed by atoms with E-state index in [0.29, 0.717) is 12.5 Å². The molecule has 1 fully saturated rings. The van der Waals surface area contributed by atoms with Crippen LogP contribution >= 0.6 is 0 Å². The zero-order valence-electron chi connectivity index (χ0n) is 11.3. The summed E-state index contributed by atoms with van der Waals surface area (Å²) in [5, 5.41) is 10.3. The minimum atomic E-state index is -0.234.